The van der Waals surface area contributed by atoms with Gasteiger partial charge in [-0.15, -0.1) is 0 Å². The molecule has 0 saturated carbocycles. The molecule has 1 aromatic carbocycles. The van der Waals surface area contributed by atoms with Gasteiger partial charge in [-0.2, -0.15) is 0 Å². The van der Waals surface area contributed by atoms with Crippen molar-refractivity contribution in [1.29, 1.82) is 0 Å². The molecule has 0 amide bonds. The minimum Gasteiger partial charge on any atom is -0.386 e. The van der Waals surface area contributed by atoms with Crippen molar-refractivity contribution in [2.45, 2.75) is 12.5 Å². The Morgan fingerprint density at radius 3 is 2.62 bits per heavy atom. The van der Waals surface area contributed by atoms with E-state index in [0.29, 0.717) is 6.42 Å². The lowest BCUT2D eigenvalue weighted by atomic mass is 10.1. The number of hydrogen-bond acceptors (Lipinski definition) is 2. The van der Waals surface area contributed by atoms with E-state index in [2.05, 4.69) is 27.6 Å². The first kappa shape index (κ1) is 11.6. The quantitative estimate of drug-likeness (QED) is 0.878. The standard InChI is InChI=1S/C12H13IN2O/c1-15-8-14-7-11(15)12(16)6-9-2-4-10(13)5-3-9/h2-5,7-8,12,16H,6H2,1H3. The fourth-order valence-electron chi connectivity index (χ4n) is 1.64. The van der Waals surface area contributed by atoms with Crippen molar-refractivity contribution in [1.82, 2.24) is 9.55 Å². The van der Waals surface area contributed by atoms with Gasteiger partial charge in [-0.3, -0.25) is 0 Å². The Balaban J connectivity index is 2.10. The van der Waals surface area contributed by atoms with Gasteiger partial charge in [0.2, 0.25) is 0 Å². The lowest BCUT2D eigenvalue weighted by molar-refractivity contribution is 0.170. The van der Waals surface area contributed by atoms with Crippen LogP contribution in [0.2, 0.25) is 0 Å². The average Bonchev–Trinajstić information content (AvgIpc) is 2.68. The Morgan fingerprint density at radius 2 is 2.06 bits per heavy atom. The third kappa shape index (κ3) is 2.62. The van der Waals surface area contributed by atoms with E-state index in [0.717, 1.165) is 11.3 Å². The maximum absolute atomic E-state index is 10.1. The summed E-state index contributed by atoms with van der Waals surface area (Å²) in [7, 11) is 1.89. The maximum atomic E-state index is 10.1. The number of nitrogens with zero attached hydrogens (tertiary/aromatic N) is 2. The van der Waals surface area contributed by atoms with Gasteiger partial charge < -0.3 is 9.67 Å². The highest BCUT2D eigenvalue weighted by Crippen LogP contribution is 2.18. The Kier molecular flexibility index (Phi) is 3.60. The van der Waals surface area contributed by atoms with Crippen molar-refractivity contribution in [3.8, 4) is 0 Å². The lowest BCUT2D eigenvalue weighted by Gasteiger charge is -2.11. The molecule has 1 aromatic heterocycles. The maximum Gasteiger partial charge on any atom is 0.0995 e. The second-order valence-corrected chi connectivity index (χ2v) is 5.02. The Hall–Kier alpha value is -0.880. The topological polar surface area (TPSA) is 38.0 Å². The van der Waals surface area contributed by atoms with Gasteiger partial charge in [-0.1, -0.05) is 12.1 Å². The van der Waals surface area contributed by atoms with Crippen molar-refractivity contribution in [3.05, 3.63) is 51.6 Å². The third-order valence-corrected chi connectivity index (χ3v) is 3.26. The Bertz CT molecular complexity index is 464. The van der Waals surface area contributed by atoms with Crippen LogP contribution in [-0.2, 0) is 13.5 Å². The number of aryl methyl sites for hydroxylation is 1. The van der Waals surface area contributed by atoms with Crippen LogP contribution in [0, 0.1) is 3.57 Å². The second kappa shape index (κ2) is 4.97. The molecular weight excluding hydrogens is 315 g/mol. The minimum absolute atomic E-state index is 0.493. The molecule has 16 heavy (non-hydrogen) atoms. The van der Waals surface area contributed by atoms with E-state index in [1.807, 2.05) is 35.9 Å². The zero-order valence-electron chi connectivity index (χ0n) is 8.97. The summed E-state index contributed by atoms with van der Waals surface area (Å²) in [5.41, 5.74) is 1.98. The van der Waals surface area contributed by atoms with E-state index >= 15 is 0 Å². The SMILES string of the molecule is Cn1cncc1C(O)Cc1ccc(I)cc1. The second-order valence-electron chi connectivity index (χ2n) is 3.78. The highest BCUT2D eigenvalue weighted by molar-refractivity contribution is 14.1. The molecule has 1 heterocycles. The van der Waals surface area contributed by atoms with Crippen molar-refractivity contribution in [2.75, 3.05) is 0 Å². The van der Waals surface area contributed by atoms with Crippen LogP contribution >= 0.6 is 22.6 Å². The summed E-state index contributed by atoms with van der Waals surface area (Å²) in [6, 6.07) is 8.18. The number of aromatic nitrogens is 2. The summed E-state index contributed by atoms with van der Waals surface area (Å²) in [6.07, 6.45) is 3.54. The summed E-state index contributed by atoms with van der Waals surface area (Å²) < 4.78 is 3.05. The van der Waals surface area contributed by atoms with Gasteiger partial charge in [0.1, 0.15) is 0 Å². The number of halogens is 1. The van der Waals surface area contributed by atoms with Gasteiger partial charge in [-0.05, 0) is 40.3 Å². The summed E-state index contributed by atoms with van der Waals surface area (Å²) in [6.45, 7) is 0. The first-order valence-electron chi connectivity index (χ1n) is 5.05. The van der Waals surface area contributed by atoms with Crippen LogP contribution < -0.4 is 0 Å². The molecule has 1 unspecified atom stereocenters. The molecule has 2 rings (SSSR count). The Morgan fingerprint density at radius 1 is 1.38 bits per heavy atom. The number of aliphatic hydroxyl groups is 1. The van der Waals surface area contributed by atoms with E-state index in [9.17, 15) is 5.11 Å². The van der Waals surface area contributed by atoms with Gasteiger partial charge in [0.15, 0.2) is 0 Å². The molecule has 4 heteroatoms. The van der Waals surface area contributed by atoms with Crippen LogP contribution in [0.4, 0.5) is 0 Å². The normalized spacial score (nSPS) is 12.7. The van der Waals surface area contributed by atoms with Crippen LogP contribution in [0.25, 0.3) is 0 Å². The molecule has 0 fully saturated rings. The number of aliphatic hydroxyl groups excluding tert-OH is 1. The van der Waals surface area contributed by atoms with Crippen LogP contribution in [0.5, 0.6) is 0 Å². The van der Waals surface area contributed by atoms with Crippen molar-refractivity contribution in [3.63, 3.8) is 0 Å². The first-order chi connectivity index (χ1) is 7.66. The average molecular weight is 328 g/mol. The molecule has 1 atom stereocenters. The molecule has 0 radical (unpaired) electrons. The molecule has 0 saturated heterocycles. The summed E-state index contributed by atoms with van der Waals surface area (Å²) in [5, 5.41) is 10.1. The predicted molar refractivity (Wildman–Crippen MR) is 71.0 cm³/mol. The van der Waals surface area contributed by atoms with Gasteiger partial charge >= 0.3 is 0 Å². The summed E-state index contributed by atoms with van der Waals surface area (Å²) in [4.78, 5) is 4.00. The largest absolute Gasteiger partial charge is 0.386 e. The van der Waals surface area contributed by atoms with E-state index in [-0.39, 0.29) is 0 Å². The smallest absolute Gasteiger partial charge is 0.0995 e. The van der Waals surface area contributed by atoms with E-state index in [1.54, 1.807) is 12.5 Å². The van der Waals surface area contributed by atoms with Crippen LogP contribution in [0.15, 0.2) is 36.8 Å². The molecule has 1 N–H and O–H groups in total. The molecule has 2 aromatic rings. The summed E-state index contributed by atoms with van der Waals surface area (Å²) in [5.74, 6) is 0. The molecule has 0 aliphatic rings. The molecule has 0 aliphatic heterocycles. The fourth-order valence-corrected chi connectivity index (χ4v) is 2.00. The molecular formula is C12H13IN2O. The monoisotopic (exact) mass is 328 g/mol. The van der Waals surface area contributed by atoms with Gasteiger partial charge in [0.25, 0.3) is 0 Å². The van der Waals surface area contributed by atoms with E-state index in [1.165, 1.54) is 3.57 Å². The number of rotatable bonds is 3. The van der Waals surface area contributed by atoms with Crippen LogP contribution in [0.1, 0.15) is 17.4 Å². The zero-order chi connectivity index (χ0) is 11.5. The van der Waals surface area contributed by atoms with Gasteiger partial charge in [0.05, 0.1) is 24.3 Å². The minimum atomic E-state index is -0.493. The predicted octanol–water partition coefficient (Wildman–Crippen LogP) is 2.30. The molecule has 0 spiro atoms. The van der Waals surface area contributed by atoms with Gasteiger partial charge in [-0.25, -0.2) is 4.98 Å². The first-order valence-corrected chi connectivity index (χ1v) is 6.13. The van der Waals surface area contributed by atoms with E-state index in [4.69, 9.17) is 0 Å². The highest BCUT2D eigenvalue weighted by atomic mass is 127. The fraction of sp³-hybridized carbons (Fsp3) is 0.250. The number of benzene rings is 1. The van der Waals surface area contributed by atoms with Crippen molar-refractivity contribution in [2.24, 2.45) is 7.05 Å². The summed E-state index contributed by atoms with van der Waals surface area (Å²) >= 11 is 2.27. The zero-order valence-corrected chi connectivity index (χ0v) is 11.1. The molecule has 3 nitrogen and oxygen atoms in total. The highest BCUT2D eigenvalue weighted by Gasteiger charge is 2.11. The van der Waals surface area contributed by atoms with E-state index < -0.39 is 6.10 Å². The number of imidazole rings is 1. The van der Waals surface area contributed by atoms with Gasteiger partial charge in [0, 0.05) is 17.0 Å². The lowest BCUT2D eigenvalue weighted by Crippen LogP contribution is -2.06. The van der Waals surface area contributed by atoms with Crippen LogP contribution in [-0.4, -0.2) is 14.7 Å². The molecule has 0 bridgehead atoms. The third-order valence-electron chi connectivity index (χ3n) is 2.54. The number of hydrogen-bond donors (Lipinski definition) is 1. The van der Waals surface area contributed by atoms with Crippen LogP contribution in [0.3, 0.4) is 0 Å². The van der Waals surface area contributed by atoms with Crippen molar-refractivity contribution < 1.29 is 5.11 Å². The molecule has 84 valence electrons. The molecule has 0 aliphatic carbocycles. The van der Waals surface area contributed by atoms with Crippen molar-refractivity contribution >= 4 is 22.6 Å². The Labute approximate surface area is 108 Å².